The lowest BCUT2D eigenvalue weighted by Crippen LogP contribution is -2.03. The number of aryl methyl sites for hydroxylation is 1. The summed E-state index contributed by atoms with van der Waals surface area (Å²) in [6.07, 6.45) is 1.22. The Morgan fingerprint density at radius 2 is 2.16 bits per heavy atom. The minimum Gasteiger partial charge on any atom is -0.478 e. The Morgan fingerprint density at radius 1 is 1.42 bits per heavy atom. The van der Waals surface area contributed by atoms with Crippen molar-refractivity contribution >= 4 is 29.1 Å². The zero-order chi connectivity index (χ0) is 14.0. The van der Waals surface area contributed by atoms with Crippen LogP contribution in [0.4, 0.5) is 15.9 Å². The van der Waals surface area contributed by atoms with E-state index in [1.165, 1.54) is 31.5 Å². The molecule has 0 aliphatic heterocycles. The molecule has 0 fully saturated rings. The van der Waals surface area contributed by atoms with Crippen LogP contribution in [0.15, 0.2) is 24.5 Å². The van der Waals surface area contributed by atoms with Crippen molar-refractivity contribution in [3.8, 4) is 0 Å². The summed E-state index contributed by atoms with van der Waals surface area (Å²) >= 11 is 5.74. The Bertz CT molecular complexity index is 649. The Morgan fingerprint density at radius 3 is 2.84 bits per heavy atom. The van der Waals surface area contributed by atoms with Crippen LogP contribution >= 0.6 is 11.6 Å². The first-order valence-corrected chi connectivity index (χ1v) is 5.64. The van der Waals surface area contributed by atoms with Crippen molar-refractivity contribution in [3.05, 3.63) is 46.6 Å². The van der Waals surface area contributed by atoms with Crippen LogP contribution in [0.3, 0.4) is 0 Å². The number of hydrogen-bond donors (Lipinski definition) is 2. The highest BCUT2D eigenvalue weighted by Gasteiger charge is 2.12. The fourth-order valence-electron chi connectivity index (χ4n) is 1.45. The minimum atomic E-state index is -1.16. The van der Waals surface area contributed by atoms with Crippen molar-refractivity contribution in [1.29, 1.82) is 0 Å². The largest absolute Gasteiger partial charge is 0.478 e. The predicted octanol–water partition coefficient (Wildman–Crippen LogP) is 3.02. The number of halogens is 2. The fraction of sp³-hybridized carbons (Fsp3) is 0.0833. The normalized spacial score (nSPS) is 10.3. The lowest BCUT2D eigenvalue weighted by molar-refractivity contribution is 0.0697. The maximum absolute atomic E-state index is 13.7. The molecule has 0 radical (unpaired) electrons. The van der Waals surface area contributed by atoms with Crippen LogP contribution in [0.25, 0.3) is 0 Å². The van der Waals surface area contributed by atoms with Crippen molar-refractivity contribution in [1.82, 2.24) is 9.97 Å². The van der Waals surface area contributed by atoms with E-state index in [9.17, 15) is 9.18 Å². The molecule has 0 aliphatic rings. The van der Waals surface area contributed by atoms with Crippen molar-refractivity contribution in [3.63, 3.8) is 0 Å². The van der Waals surface area contributed by atoms with Gasteiger partial charge in [0.15, 0.2) is 11.6 Å². The topological polar surface area (TPSA) is 75.1 Å². The number of carbonyl (C=O) groups is 1. The van der Waals surface area contributed by atoms with Gasteiger partial charge >= 0.3 is 5.97 Å². The molecule has 0 atom stereocenters. The standard InChI is InChI=1S/C12H9ClFN3O2/c1-6-10(14)11(16-5-15-6)17-7-2-3-9(13)8(4-7)12(18)19/h2-5H,1H3,(H,18,19)(H,15,16,17). The minimum absolute atomic E-state index is 0.0221. The first-order chi connectivity index (χ1) is 8.99. The van der Waals surface area contributed by atoms with Gasteiger partial charge in [-0.3, -0.25) is 0 Å². The van der Waals surface area contributed by atoms with Gasteiger partial charge in [0.05, 0.1) is 16.3 Å². The molecule has 0 saturated carbocycles. The third kappa shape index (κ3) is 2.79. The highest BCUT2D eigenvalue weighted by molar-refractivity contribution is 6.33. The SMILES string of the molecule is Cc1ncnc(Nc2ccc(Cl)c(C(=O)O)c2)c1F. The van der Waals surface area contributed by atoms with Gasteiger partial charge in [-0.2, -0.15) is 0 Å². The zero-order valence-corrected chi connectivity index (χ0v) is 10.6. The second-order valence-corrected chi connectivity index (χ2v) is 4.15. The molecule has 1 heterocycles. The number of carboxylic acid groups (broad SMARTS) is 1. The van der Waals surface area contributed by atoms with Gasteiger partial charge in [-0.1, -0.05) is 11.6 Å². The highest BCUT2D eigenvalue weighted by atomic mass is 35.5. The summed E-state index contributed by atoms with van der Waals surface area (Å²) < 4.78 is 13.7. The van der Waals surface area contributed by atoms with Gasteiger partial charge in [-0.25, -0.2) is 19.2 Å². The van der Waals surface area contributed by atoms with Crippen molar-refractivity contribution < 1.29 is 14.3 Å². The maximum atomic E-state index is 13.7. The summed E-state index contributed by atoms with van der Waals surface area (Å²) in [7, 11) is 0. The molecular formula is C12H9ClFN3O2. The van der Waals surface area contributed by atoms with E-state index in [-0.39, 0.29) is 22.1 Å². The number of aromatic carboxylic acids is 1. The maximum Gasteiger partial charge on any atom is 0.337 e. The van der Waals surface area contributed by atoms with E-state index in [1.807, 2.05) is 0 Å². The number of nitrogens with zero attached hydrogens (tertiary/aromatic N) is 2. The lowest BCUT2D eigenvalue weighted by atomic mass is 10.2. The summed E-state index contributed by atoms with van der Waals surface area (Å²) in [6, 6.07) is 4.26. The molecule has 0 spiro atoms. The Hall–Kier alpha value is -2.21. The summed E-state index contributed by atoms with van der Waals surface area (Å²) in [6.45, 7) is 1.51. The molecule has 0 unspecified atom stereocenters. The van der Waals surface area contributed by atoms with Gasteiger partial charge < -0.3 is 10.4 Å². The molecule has 5 nitrogen and oxygen atoms in total. The zero-order valence-electron chi connectivity index (χ0n) is 9.82. The Kier molecular flexibility index (Phi) is 3.62. The van der Waals surface area contributed by atoms with E-state index in [0.717, 1.165) is 0 Å². The number of anilines is 2. The van der Waals surface area contributed by atoms with Crippen LogP contribution in [0.2, 0.25) is 5.02 Å². The van der Waals surface area contributed by atoms with Gasteiger partial charge in [0.25, 0.3) is 0 Å². The fourth-order valence-corrected chi connectivity index (χ4v) is 1.65. The van der Waals surface area contributed by atoms with E-state index in [4.69, 9.17) is 16.7 Å². The smallest absolute Gasteiger partial charge is 0.337 e. The predicted molar refractivity (Wildman–Crippen MR) is 68.4 cm³/mol. The molecule has 2 rings (SSSR count). The van der Waals surface area contributed by atoms with Crippen LogP contribution in [0, 0.1) is 12.7 Å². The monoisotopic (exact) mass is 281 g/mol. The van der Waals surface area contributed by atoms with E-state index in [1.54, 1.807) is 0 Å². The molecule has 7 heteroatoms. The second kappa shape index (κ2) is 5.19. The molecule has 0 bridgehead atoms. The third-order valence-electron chi connectivity index (χ3n) is 2.42. The van der Waals surface area contributed by atoms with Crippen LogP contribution in [0.5, 0.6) is 0 Å². The molecule has 1 aromatic carbocycles. The lowest BCUT2D eigenvalue weighted by Gasteiger charge is -2.08. The number of carboxylic acids is 1. The van der Waals surface area contributed by atoms with E-state index >= 15 is 0 Å². The quantitative estimate of drug-likeness (QED) is 0.904. The molecule has 98 valence electrons. The second-order valence-electron chi connectivity index (χ2n) is 3.75. The first kappa shape index (κ1) is 13.2. The van der Waals surface area contributed by atoms with Gasteiger partial charge in [0, 0.05) is 5.69 Å². The number of rotatable bonds is 3. The molecule has 0 saturated heterocycles. The van der Waals surface area contributed by atoms with Crippen LogP contribution in [-0.4, -0.2) is 21.0 Å². The summed E-state index contributed by atoms with van der Waals surface area (Å²) in [5, 5.41) is 11.7. The highest BCUT2D eigenvalue weighted by Crippen LogP contribution is 2.24. The number of nitrogens with one attached hydrogen (secondary N) is 1. The van der Waals surface area contributed by atoms with Crippen LogP contribution < -0.4 is 5.32 Å². The number of hydrogen-bond acceptors (Lipinski definition) is 4. The summed E-state index contributed by atoms with van der Waals surface area (Å²) in [4.78, 5) is 18.4. The number of benzene rings is 1. The van der Waals surface area contributed by atoms with Crippen LogP contribution in [-0.2, 0) is 0 Å². The van der Waals surface area contributed by atoms with Gasteiger partial charge in [-0.05, 0) is 25.1 Å². The van der Waals surface area contributed by atoms with Gasteiger partial charge in [0.1, 0.15) is 6.33 Å². The molecule has 19 heavy (non-hydrogen) atoms. The summed E-state index contributed by atoms with van der Waals surface area (Å²) in [5.74, 6) is -1.77. The Labute approximate surface area is 113 Å². The first-order valence-electron chi connectivity index (χ1n) is 5.26. The van der Waals surface area contributed by atoms with E-state index < -0.39 is 11.8 Å². The molecular weight excluding hydrogens is 273 g/mol. The van der Waals surface area contributed by atoms with Crippen molar-refractivity contribution in [2.75, 3.05) is 5.32 Å². The molecule has 2 aromatic rings. The van der Waals surface area contributed by atoms with Gasteiger partial charge in [0.2, 0.25) is 0 Å². The average Bonchev–Trinajstić information content (AvgIpc) is 2.37. The third-order valence-corrected chi connectivity index (χ3v) is 2.75. The molecule has 1 aromatic heterocycles. The molecule has 0 amide bonds. The van der Waals surface area contributed by atoms with Crippen molar-refractivity contribution in [2.24, 2.45) is 0 Å². The van der Waals surface area contributed by atoms with E-state index in [0.29, 0.717) is 5.69 Å². The van der Waals surface area contributed by atoms with Crippen molar-refractivity contribution in [2.45, 2.75) is 6.92 Å². The van der Waals surface area contributed by atoms with E-state index in [2.05, 4.69) is 15.3 Å². The molecule has 2 N–H and O–H groups in total. The number of aromatic nitrogens is 2. The Balaban J connectivity index is 2.36. The summed E-state index contributed by atoms with van der Waals surface area (Å²) in [5.41, 5.74) is 0.501. The van der Waals surface area contributed by atoms with Gasteiger partial charge in [-0.15, -0.1) is 0 Å². The van der Waals surface area contributed by atoms with Crippen LogP contribution in [0.1, 0.15) is 16.1 Å². The molecule has 0 aliphatic carbocycles. The average molecular weight is 282 g/mol.